The molecule has 0 heterocycles. The van der Waals surface area contributed by atoms with Crippen molar-refractivity contribution in [2.24, 2.45) is 23.2 Å². The molecule has 4 heteroatoms. The van der Waals surface area contributed by atoms with Crippen LogP contribution in [0.3, 0.4) is 0 Å². The first-order chi connectivity index (χ1) is 14.0. The highest BCUT2D eigenvalue weighted by molar-refractivity contribution is 5.89. The Balaban J connectivity index is 1.21. The number of hydrogen-bond donors (Lipinski definition) is 2. The summed E-state index contributed by atoms with van der Waals surface area (Å²) in [5.41, 5.74) is 0.903. The molecule has 1 atom stereocenters. The molecule has 4 bridgehead atoms. The standard InChI is InChI=1S/C25H30N2O2/c1-16(21-8-4-6-20-5-2-3-7-22(20)21)27-23(28)15-26-24(29)25-12-17-9-18(13-25)11-19(10-17)14-25/h2-8,16-19H,9-15H2,1H3,(H,26,29)(H,27,28). The predicted molar refractivity (Wildman–Crippen MR) is 114 cm³/mol. The molecule has 4 aliphatic carbocycles. The van der Waals surface area contributed by atoms with E-state index in [0.717, 1.165) is 48.0 Å². The number of hydrogen-bond acceptors (Lipinski definition) is 2. The Bertz CT molecular complexity index is 910. The zero-order valence-electron chi connectivity index (χ0n) is 17.1. The minimum Gasteiger partial charge on any atom is -0.348 e. The molecular weight excluding hydrogens is 360 g/mol. The maximum atomic E-state index is 13.0. The average molecular weight is 391 g/mol. The Kier molecular flexibility index (Phi) is 4.60. The van der Waals surface area contributed by atoms with Crippen LogP contribution in [0.15, 0.2) is 42.5 Å². The van der Waals surface area contributed by atoms with Gasteiger partial charge < -0.3 is 10.6 Å². The smallest absolute Gasteiger partial charge is 0.239 e. The van der Waals surface area contributed by atoms with E-state index in [9.17, 15) is 9.59 Å². The monoisotopic (exact) mass is 390 g/mol. The van der Waals surface area contributed by atoms with E-state index in [2.05, 4.69) is 34.9 Å². The van der Waals surface area contributed by atoms with Crippen LogP contribution in [0.5, 0.6) is 0 Å². The molecule has 4 aliphatic rings. The molecule has 2 aromatic rings. The molecule has 2 aromatic carbocycles. The lowest BCUT2D eigenvalue weighted by molar-refractivity contribution is -0.147. The molecule has 152 valence electrons. The van der Waals surface area contributed by atoms with Crippen LogP contribution in [0.2, 0.25) is 0 Å². The zero-order valence-corrected chi connectivity index (χ0v) is 17.1. The highest BCUT2D eigenvalue weighted by atomic mass is 16.2. The third kappa shape index (κ3) is 3.43. The van der Waals surface area contributed by atoms with Crippen LogP contribution in [0, 0.1) is 23.2 Å². The molecule has 0 saturated heterocycles. The van der Waals surface area contributed by atoms with Crippen LogP contribution in [-0.2, 0) is 9.59 Å². The summed E-state index contributed by atoms with van der Waals surface area (Å²) >= 11 is 0. The molecule has 2 amide bonds. The van der Waals surface area contributed by atoms with E-state index in [-0.39, 0.29) is 29.8 Å². The second-order valence-corrected chi connectivity index (χ2v) is 9.74. The summed E-state index contributed by atoms with van der Waals surface area (Å²) in [6.45, 7) is 2.07. The minimum atomic E-state index is -0.198. The molecule has 0 spiro atoms. The molecule has 1 unspecified atom stereocenters. The van der Waals surface area contributed by atoms with Gasteiger partial charge in [0.2, 0.25) is 11.8 Å². The van der Waals surface area contributed by atoms with Crippen LogP contribution in [0.25, 0.3) is 10.8 Å². The van der Waals surface area contributed by atoms with Crippen LogP contribution in [-0.4, -0.2) is 18.4 Å². The largest absolute Gasteiger partial charge is 0.348 e. The number of rotatable bonds is 5. The third-order valence-corrected chi connectivity index (χ3v) is 7.60. The van der Waals surface area contributed by atoms with Gasteiger partial charge in [-0.15, -0.1) is 0 Å². The summed E-state index contributed by atoms with van der Waals surface area (Å²) in [6, 6.07) is 14.3. The van der Waals surface area contributed by atoms with E-state index in [1.165, 1.54) is 24.6 Å². The van der Waals surface area contributed by atoms with Crippen LogP contribution in [0.1, 0.15) is 57.1 Å². The summed E-state index contributed by atoms with van der Waals surface area (Å²) in [6.07, 6.45) is 7.03. The fourth-order valence-corrected chi connectivity index (χ4v) is 6.74. The quantitative estimate of drug-likeness (QED) is 0.797. The van der Waals surface area contributed by atoms with Crippen LogP contribution in [0.4, 0.5) is 0 Å². The molecule has 0 radical (unpaired) electrons. The number of carbonyl (C=O) groups excluding carboxylic acids is 2. The molecule has 4 saturated carbocycles. The zero-order chi connectivity index (χ0) is 20.0. The molecule has 29 heavy (non-hydrogen) atoms. The van der Waals surface area contributed by atoms with Gasteiger partial charge in [0.1, 0.15) is 0 Å². The first kappa shape index (κ1) is 18.7. The SMILES string of the molecule is CC(NC(=O)CNC(=O)C12CC3CC(CC(C3)C1)C2)c1cccc2ccccc12. The van der Waals surface area contributed by atoms with E-state index in [1.807, 2.05) is 25.1 Å². The lowest BCUT2D eigenvalue weighted by Gasteiger charge is -2.55. The Morgan fingerprint density at radius 2 is 1.59 bits per heavy atom. The Morgan fingerprint density at radius 3 is 2.28 bits per heavy atom. The minimum absolute atomic E-state index is 0.0652. The summed E-state index contributed by atoms with van der Waals surface area (Å²) in [5.74, 6) is 2.18. The number of amides is 2. The van der Waals surface area contributed by atoms with Gasteiger partial charge in [-0.05, 0) is 79.5 Å². The molecule has 0 aliphatic heterocycles. The van der Waals surface area contributed by atoms with Crippen molar-refractivity contribution in [2.45, 2.75) is 51.5 Å². The van der Waals surface area contributed by atoms with Gasteiger partial charge >= 0.3 is 0 Å². The van der Waals surface area contributed by atoms with Crippen molar-refractivity contribution in [3.05, 3.63) is 48.0 Å². The maximum Gasteiger partial charge on any atom is 0.239 e. The van der Waals surface area contributed by atoms with Crippen molar-refractivity contribution in [1.82, 2.24) is 10.6 Å². The molecule has 2 N–H and O–H groups in total. The fraction of sp³-hybridized carbons (Fsp3) is 0.520. The van der Waals surface area contributed by atoms with Crippen molar-refractivity contribution < 1.29 is 9.59 Å². The van der Waals surface area contributed by atoms with E-state index in [4.69, 9.17) is 0 Å². The molecule has 4 fully saturated rings. The van der Waals surface area contributed by atoms with E-state index < -0.39 is 0 Å². The van der Waals surface area contributed by atoms with Crippen molar-refractivity contribution in [3.8, 4) is 0 Å². The average Bonchev–Trinajstić information content (AvgIpc) is 2.70. The van der Waals surface area contributed by atoms with Gasteiger partial charge in [-0.25, -0.2) is 0 Å². The number of nitrogens with one attached hydrogen (secondary N) is 2. The van der Waals surface area contributed by atoms with Crippen molar-refractivity contribution in [3.63, 3.8) is 0 Å². The number of fused-ring (bicyclic) bond motifs is 1. The number of benzene rings is 2. The molecule has 4 nitrogen and oxygen atoms in total. The van der Waals surface area contributed by atoms with Gasteiger partial charge in [0, 0.05) is 5.41 Å². The Morgan fingerprint density at radius 1 is 0.966 bits per heavy atom. The second-order valence-electron chi connectivity index (χ2n) is 9.74. The van der Waals surface area contributed by atoms with Crippen molar-refractivity contribution in [2.75, 3.05) is 6.54 Å². The molecule has 0 aromatic heterocycles. The summed E-state index contributed by atoms with van der Waals surface area (Å²) in [4.78, 5) is 25.6. The van der Waals surface area contributed by atoms with Gasteiger partial charge in [-0.2, -0.15) is 0 Å². The van der Waals surface area contributed by atoms with Gasteiger partial charge in [0.25, 0.3) is 0 Å². The van der Waals surface area contributed by atoms with Crippen LogP contribution >= 0.6 is 0 Å². The lowest BCUT2D eigenvalue weighted by Crippen LogP contribution is -2.54. The molecule has 6 rings (SSSR count). The first-order valence-electron chi connectivity index (χ1n) is 11.1. The maximum absolute atomic E-state index is 13.0. The van der Waals surface area contributed by atoms with Crippen molar-refractivity contribution in [1.29, 1.82) is 0 Å². The number of carbonyl (C=O) groups is 2. The Labute approximate surface area is 172 Å². The van der Waals surface area contributed by atoms with Gasteiger partial charge in [-0.3, -0.25) is 9.59 Å². The topological polar surface area (TPSA) is 58.2 Å². The highest BCUT2D eigenvalue weighted by Crippen LogP contribution is 2.60. The van der Waals surface area contributed by atoms with E-state index in [1.54, 1.807) is 0 Å². The van der Waals surface area contributed by atoms with Crippen LogP contribution < -0.4 is 10.6 Å². The van der Waals surface area contributed by atoms with Gasteiger partial charge in [0.05, 0.1) is 12.6 Å². The van der Waals surface area contributed by atoms with Crippen molar-refractivity contribution >= 4 is 22.6 Å². The third-order valence-electron chi connectivity index (χ3n) is 7.60. The van der Waals surface area contributed by atoms with E-state index >= 15 is 0 Å². The second kappa shape index (κ2) is 7.16. The highest BCUT2D eigenvalue weighted by Gasteiger charge is 2.54. The van der Waals surface area contributed by atoms with Gasteiger partial charge in [0.15, 0.2) is 0 Å². The normalized spacial score (nSPS) is 30.9. The summed E-state index contributed by atoms with van der Waals surface area (Å²) in [5, 5.41) is 8.37. The summed E-state index contributed by atoms with van der Waals surface area (Å²) < 4.78 is 0. The summed E-state index contributed by atoms with van der Waals surface area (Å²) in [7, 11) is 0. The molecular formula is C25H30N2O2. The lowest BCUT2D eigenvalue weighted by atomic mass is 9.49. The first-order valence-corrected chi connectivity index (χ1v) is 11.1. The fourth-order valence-electron chi connectivity index (χ4n) is 6.74. The predicted octanol–water partition coefficient (Wildman–Crippen LogP) is 4.35. The Hall–Kier alpha value is -2.36. The van der Waals surface area contributed by atoms with E-state index in [0.29, 0.717) is 0 Å². The van der Waals surface area contributed by atoms with Gasteiger partial charge in [-0.1, -0.05) is 42.5 Å².